The van der Waals surface area contributed by atoms with Crippen molar-refractivity contribution in [1.29, 1.82) is 0 Å². The summed E-state index contributed by atoms with van der Waals surface area (Å²) in [6, 6.07) is 12.3. The third-order valence-electron chi connectivity index (χ3n) is 3.67. The molecule has 0 aromatic heterocycles. The zero-order chi connectivity index (χ0) is 16.9. The van der Waals surface area contributed by atoms with E-state index in [4.69, 9.17) is 9.47 Å². The lowest BCUT2D eigenvalue weighted by atomic mass is 10.1. The fraction of sp³-hybridized carbons (Fsp3) is 0.222. The molecule has 1 aliphatic rings. The van der Waals surface area contributed by atoms with Crippen molar-refractivity contribution in [2.75, 3.05) is 25.2 Å². The topological polar surface area (TPSA) is 76.7 Å². The third-order valence-corrected chi connectivity index (χ3v) is 3.67. The van der Waals surface area contributed by atoms with Gasteiger partial charge in [-0.1, -0.05) is 0 Å². The van der Waals surface area contributed by atoms with Crippen LogP contribution in [0.2, 0.25) is 0 Å². The summed E-state index contributed by atoms with van der Waals surface area (Å²) in [6.07, 6.45) is 0. The van der Waals surface area contributed by atoms with Crippen LogP contribution in [0.5, 0.6) is 11.5 Å². The number of fused-ring (bicyclic) bond motifs is 1. The SMILES string of the molecule is CC(=O)c1ccc(NCCNC(=O)c2ccc3c(c2)OCO3)cc1. The number of carbonyl (C=O) groups is 2. The summed E-state index contributed by atoms with van der Waals surface area (Å²) < 4.78 is 10.5. The predicted octanol–water partition coefficient (Wildman–Crippen LogP) is 2.46. The van der Waals surface area contributed by atoms with Gasteiger partial charge < -0.3 is 20.1 Å². The molecule has 0 saturated heterocycles. The summed E-state index contributed by atoms with van der Waals surface area (Å²) in [7, 11) is 0. The van der Waals surface area contributed by atoms with Crippen LogP contribution in [0.4, 0.5) is 5.69 Å². The quantitative estimate of drug-likeness (QED) is 0.630. The van der Waals surface area contributed by atoms with E-state index in [9.17, 15) is 9.59 Å². The normalized spacial score (nSPS) is 11.9. The molecule has 1 amide bonds. The molecule has 0 saturated carbocycles. The first-order chi connectivity index (χ1) is 11.6. The average Bonchev–Trinajstić information content (AvgIpc) is 3.06. The lowest BCUT2D eigenvalue weighted by Crippen LogP contribution is -2.28. The van der Waals surface area contributed by atoms with Crippen LogP contribution in [0.15, 0.2) is 42.5 Å². The Morgan fingerprint density at radius 1 is 0.958 bits per heavy atom. The zero-order valence-corrected chi connectivity index (χ0v) is 13.3. The summed E-state index contributed by atoms with van der Waals surface area (Å²) in [5, 5.41) is 6.03. The molecule has 6 nitrogen and oxygen atoms in total. The number of anilines is 1. The standard InChI is InChI=1S/C18H18N2O4/c1-12(21)13-2-5-15(6-3-13)19-8-9-20-18(22)14-4-7-16-17(10-14)24-11-23-16/h2-7,10,19H,8-9,11H2,1H3,(H,20,22). The van der Waals surface area contributed by atoms with Gasteiger partial charge in [-0.25, -0.2) is 0 Å². The molecule has 1 aliphatic heterocycles. The number of carbonyl (C=O) groups excluding carboxylic acids is 2. The molecular weight excluding hydrogens is 308 g/mol. The van der Waals surface area contributed by atoms with Crippen LogP contribution in [0.25, 0.3) is 0 Å². The number of Topliss-reactive ketones (excluding diaryl/α,β-unsaturated/α-hetero) is 1. The molecule has 24 heavy (non-hydrogen) atoms. The van der Waals surface area contributed by atoms with E-state index < -0.39 is 0 Å². The summed E-state index contributed by atoms with van der Waals surface area (Å²) in [6.45, 7) is 2.78. The summed E-state index contributed by atoms with van der Waals surface area (Å²) >= 11 is 0. The van der Waals surface area contributed by atoms with Crippen LogP contribution >= 0.6 is 0 Å². The first-order valence-electron chi connectivity index (χ1n) is 7.66. The lowest BCUT2D eigenvalue weighted by Gasteiger charge is -2.09. The Morgan fingerprint density at radius 3 is 2.42 bits per heavy atom. The van der Waals surface area contributed by atoms with E-state index in [-0.39, 0.29) is 18.5 Å². The number of nitrogens with one attached hydrogen (secondary N) is 2. The van der Waals surface area contributed by atoms with Crippen molar-refractivity contribution < 1.29 is 19.1 Å². The summed E-state index contributed by atoms with van der Waals surface area (Å²) in [4.78, 5) is 23.3. The number of amides is 1. The second kappa shape index (κ2) is 7.04. The molecule has 2 N–H and O–H groups in total. The highest BCUT2D eigenvalue weighted by Crippen LogP contribution is 2.32. The van der Waals surface area contributed by atoms with Crippen molar-refractivity contribution in [3.8, 4) is 11.5 Å². The van der Waals surface area contributed by atoms with Gasteiger partial charge in [0.05, 0.1) is 0 Å². The van der Waals surface area contributed by atoms with Gasteiger partial charge in [0, 0.05) is 29.9 Å². The van der Waals surface area contributed by atoms with E-state index in [0.717, 1.165) is 5.69 Å². The molecule has 0 fully saturated rings. The summed E-state index contributed by atoms with van der Waals surface area (Å²) in [5.41, 5.74) is 2.11. The Labute approximate surface area is 139 Å². The van der Waals surface area contributed by atoms with Crippen LogP contribution in [0.1, 0.15) is 27.6 Å². The molecule has 0 spiro atoms. The van der Waals surface area contributed by atoms with E-state index in [2.05, 4.69) is 10.6 Å². The molecule has 0 radical (unpaired) electrons. The van der Waals surface area contributed by atoms with Crippen molar-refractivity contribution in [2.24, 2.45) is 0 Å². The van der Waals surface area contributed by atoms with Gasteiger partial charge >= 0.3 is 0 Å². The van der Waals surface area contributed by atoms with E-state index in [0.29, 0.717) is 35.7 Å². The van der Waals surface area contributed by atoms with Gasteiger partial charge in [0.2, 0.25) is 6.79 Å². The van der Waals surface area contributed by atoms with Crippen molar-refractivity contribution in [3.63, 3.8) is 0 Å². The molecule has 0 aliphatic carbocycles. The predicted molar refractivity (Wildman–Crippen MR) is 89.8 cm³/mol. The molecule has 2 aromatic rings. The Kier molecular flexibility index (Phi) is 4.65. The van der Waals surface area contributed by atoms with Crippen LogP contribution in [-0.4, -0.2) is 31.6 Å². The minimum absolute atomic E-state index is 0.0394. The van der Waals surface area contributed by atoms with Gasteiger partial charge in [-0.15, -0.1) is 0 Å². The van der Waals surface area contributed by atoms with Gasteiger partial charge in [-0.3, -0.25) is 9.59 Å². The monoisotopic (exact) mass is 326 g/mol. The molecule has 0 atom stereocenters. The van der Waals surface area contributed by atoms with Crippen LogP contribution in [0, 0.1) is 0 Å². The minimum atomic E-state index is -0.165. The van der Waals surface area contributed by atoms with Crippen molar-refractivity contribution in [2.45, 2.75) is 6.92 Å². The van der Waals surface area contributed by atoms with Crippen LogP contribution in [-0.2, 0) is 0 Å². The summed E-state index contributed by atoms with van der Waals surface area (Å²) in [5.74, 6) is 1.12. The van der Waals surface area contributed by atoms with Crippen molar-refractivity contribution >= 4 is 17.4 Å². The molecule has 3 rings (SSSR count). The van der Waals surface area contributed by atoms with Crippen LogP contribution < -0.4 is 20.1 Å². The number of hydrogen-bond acceptors (Lipinski definition) is 5. The smallest absolute Gasteiger partial charge is 0.251 e. The maximum Gasteiger partial charge on any atom is 0.251 e. The number of ketones is 1. The Morgan fingerprint density at radius 2 is 1.67 bits per heavy atom. The number of ether oxygens (including phenoxy) is 2. The molecule has 124 valence electrons. The maximum atomic E-state index is 12.1. The Bertz CT molecular complexity index is 756. The second-order valence-corrected chi connectivity index (χ2v) is 5.38. The fourth-order valence-electron chi connectivity index (χ4n) is 2.35. The molecular formula is C18H18N2O4. The second-order valence-electron chi connectivity index (χ2n) is 5.38. The first-order valence-corrected chi connectivity index (χ1v) is 7.66. The largest absolute Gasteiger partial charge is 0.454 e. The van der Waals surface area contributed by atoms with E-state index in [1.807, 2.05) is 12.1 Å². The van der Waals surface area contributed by atoms with E-state index in [1.165, 1.54) is 6.92 Å². The van der Waals surface area contributed by atoms with Gasteiger partial charge in [0.15, 0.2) is 17.3 Å². The van der Waals surface area contributed by atoms with Gasteiger partial charge in [-0.05, 0) is 49.4 Å². The highest BCUT2D eigenvalue weighted by atomic mass is 16.7. The number of rotatable bonds is 6. The Hall–Kier alpha value is -3.02. The van der Waals surface area contributed by atoms with E-state index in [1.54, 1.807) is 30.3 Å². The average molecular weight is 326 g/mol. The van der Waals surface area contributed by atoms with Crippen molar-refractivity contribution in [3.05, 3.63) is 53.6 Å². The Balaban J connectivity index is 1.46. The number of benzene rings is 2. The van der Waals surface area contributed by atoms with Gasteiger partial charge in [0.1, 0.15) is 0 Å². The maximum absolute atomic E-state index is 12.1. The lowest BCUT2D eigenvalue weighted by molar-refractivity contribution is 0.0953. The first kappa shape index (κ1) is 15.9. The highest BCUT2D eigenvalue weighted by Gasteiger charge is 2.15. The minimum Gasteiger partial charge on any atom is -0.454 e. The van der Waals surface area contributed by atoms with E-state index >= 15 is 0 Å². The van der Waals surface area contributed by atoms with Crippen molar-refractivity contribution in [1.82, 2.24) is 5.32 Å². The highest BCUT2D eigenvalue weighted by molar-refractivity contribution is 5.95. The molecule has 6 heteroatoms. The van der Waals surface area contributed by atoms with Gasteiger partial charge in [0.25, 0.3) is 5.91 Å². The third kappa shape index (κ3) is 3.65. The molecule has 0 unspecified atom stereocenters. The van der Waals surface area contributed by atoms with Crippen LogP contribution in [0.3, 0.4) is 0 Å². The molecule has 2 aromatic carbocycles. The number of hydrogen-bond donors (Lipinski definition) is 2. The zero-order valence-electron chi connectivity index (χ0n) is 13.3. The fourth-order valence-corrected chi connectivity index (χ4v) is 2.35. The molecule has 1 heterocycles. The van der Waals surface area contributed by atoms with Gasteiger partial charge in [-0.2, -0.15) is 0 Å². The molecule has 0 bridgehead atoms.